The maximum absolute atomic E-state index is 12.0. The zero-order valence-electron chi connectivity index (χ0n) is 11.9. The molecule has 1 unspecified atom stereocenters. The van der Waals surface area contributed by atoms with Crippen LogP contribution in [0.25, 0.3) is 0 Å². The number of nitrogens with zero attached hydrogens (tertiary/aromatic N) is 1. The third-order valence-corrected chi connectivity index (χ3v) is 4.08. The Balaban J connectivity index is 2.43. The van der Waals surface area contributed by atoms with Crippen molar-refractivity contribution in [3.8, 4) is 0 Å². The Hall–Kier alpha value is -0.910. The summed E-state index contributed by atoms with van der Waals surface area (Å²) in [6.45, 7) is 7.41. The third kappa shape index (κ3) is 5.72. The van der Waals surface area contributed by atoms with E-state index in [-0.39, 0.29) is 18.6 Å². The summed E-state index contributed by atoms with van der Waals surface area (Å²) in [6.07, 6.45) is 0.700. The molecule has 1 aromatic rings. The molecule has 108 valence electrons. The van der Waals surface area contributed by atoms with Crippen LogP contribution in [0.1, 0.15) is 38.1 Å². The number of rotatable bonds is 8. The molecular weight excluding hydrogens is 260 g/mol. The minimum absolute atomic E-state index is 0.0348. The molecular formula is C14H24N2O2S. The molecule has 1 aromatic heterocycles. The first kappa shape index (κ1) is 16.1. The van der Waals surface area contributed by atoms with E-state index in [0.29, 0.717) is 19.0 Å². The quantitative estimate of drug-likeness (QED) is 0.768. The van der Waals surface area contributed by atoms with Gasteiger partial charge in [-0.3, -0.25) is 9.69 Å². The van der Waals surface area contributed by atoms with Crippen LogP contribution >= 0.6 is 11.3 Å². The van der Waals surface area contributed by atoms with Crippen molar-refractivity contribution < 1.29 is 9.90 Å². The van der Waals surface area contributed by atoms with Crippen molar-refractivity contribution in [3.63, 3.8) is 0 Å². The zero-order valence-corrected chi connectivity index (χ0v) is 12.7. The van der Waals surface area contributed by atoms with Crippen molar-refractivity contribution in [2.75, 3.05) is 19.7 Å². The molecule has 1 amide bonds. The van der Waals surface area contributed by atoms with Gasteiger partial charge in [-0.05, 0) is 38.6 Å². The Labute approximate surface area is 119 Å². The van der Waals surface area contributed by atoms with E-state index < -0.39 is 0 Å². The summed E-state index contributed by atoms with van der Waals surface area (Å²) < 4.78 is 0. The second-order valence-corrected chi connectivity index (χ2v) is 5.93. The highest BCUT2D eigenvalue weighted by molar-refractivity contribution is 7.10. The zero-order chi connectivity index (χ0) is 14.3. The van der Waals surface area contributed by atoms with Crippen molar-refractivity contribution in [3.05, 3.63) is 22.4 Å². The molecule has 19 heavy (non-hydrogen) atoms. The van der Waals surface area contributed by atoms with Gasteiger partial charge in [0.05, 0.1) is 12.6 Å². The number of hydrogen-bond donors (Lipinski definition) is 2. The van der Waals surface area contributed by atoms with E-state index in [1.54, 1.807) is 11.3 Å². The van der Waals surface area contributed by atoms with Gasteiger partial charge >= 0.3 is 0 Å². The van der Waals surface area contributed by atoms with Gasteiger partial charge in [-0.2, -0.15) is 0 Å². The van der Waals surface area contributed by atoms with Crippen LogP contribution in [0.5, 0.6) is 0 Å². The number of carbonyl (C=O) groups excluding carboxylic acids is 1. The van der Waals surface area contributed by atoms with E-state index in [1.807, 2.05) is 24.4 Å². The smallest absolute Gasteiger partial charge is 0.234 e. The van der Waals surface area contributed by atoms with Crippen LogP contribution in [0.3, 0.4) is 0 Å². The molecule has 0 aliphatic carbocycles. The fourth-order valence-electron chi connectivity index (χ4n) is 1.87. The second-order valence-electron chi connectivity index (χ2n) is 4.95. The van der Waals surface area contributed by atoms with Gasteiger partial charge in [0.15, 0.2) is 0 Å². The Kier molecular flexibility index (Phi) is 7.05. The normalized spacial score (nSPS) is 12.9. The summed E-state index contributed by atoms with van der Waals surface area (Å²) in [5, 5.41) is 13.9. The summed E-state index contributed by atoms with van der Waals surface area (Å²) in [5.41, 5.74) is 0. The Morgan fingerprint density at radius 3 is 2.74 bits per heavy atom. The summed E-state index contributed by atoms with van der Waals surface area (Å²) in [7, 11) is 0. The number of nitrogens with one attached hydrogen (secondary N) is 1. The summed E-state index contributed by atoms with van der Waals surface area (Å²) >= 11 is 1.65. The number of carbonyl (C=O) groups is 1. The fourth-order valence-corrected chi connectivity index (χ4v) is 2.61. The minimum Gasteiger partial charge on any atom is -0.396 e. The van der Waals surface area contributed by atoms with Crippen LogP contribution < -0.4 is 5.32 Å². The molecule has 0 radical (unpaired) electrons. The molecule has 0 aromatic carbocycles. The Morgan fingerprint density at radius 1 is 1.47 bits per heavy atom. The molecule has 0 aliphatic heterocycles. The first-order valence-corrected chi connectivity index (χ1v) is 7.60. The summed E-state index contributed by atoms with van der Waals surface area (Å²) in [5.74, 6) is 0.0348. The molecule has 4 nitrogen and oxygen atoms in total. The molecule has 0 saturated carbocycles. The highest BCUT2D eigenvalue weighted by Crippen LogP contribution is 2.17. The summed E-state index contributed by atoms with van der Waals surface area (Å²) in [4.78, 5) is 15.3. The van der Waals surface area contributed by atoms with Crippen LogP contribution in [0.2, 0.25) is 0 Å². The number of aliphatic hydroxyl groups is 1. The topological polar surface area (TPSA) is 52.6 Å². The Bertz CT molecular complexity index is 366. The van der Waals surface area contributed by atoms with E-state index in [2.05, 4.69) is 24.1 Å². The predicted octanol–water partition coefficient (Wildman–Crippen LogP) is 2.02. The Morgan fingerprint density at radius 2 is 2.21 bits per heavy atom. The molecule has 0 spiro atoms. The standard InChI is InChI=1S/C14H24N2O2S/c1-11(2)16(7-5-8-17)10-14(18)15-12(3)13-6-4-9-19-13/h4,6,9,11-12,17H,5,7-8,10H2,1-3H3,(H,15,18). The molecule has 0 saturated heterocycles. The average Bonchev–Trinajstić information content (AvgIpc) is 2.87. The van der Waals surface area contributed by atoms with E-state index >= 15 is 0 Å². The van der Waals surface area contributed by atoms with Crippen molar-refractivity contribution in [2.24, 2.45) is 0 Å². The lowest BCUT2D eigenvalue weighted by Crippen LogP contribution is -2.42. The van der Waals surface area contributed by atoms with Gasteiger partial charge in [0, 0.05) is 24.1 Å². The first-order valence-electron chi connectivity index (χ1n) is 6.72. The monoisotopic (exact) mass is 284 g/mol. The highest BCUT2D eigenvalue weighted by atomic mass is 32.1. The average molecular weight is 284 g/mol. The van der Waals surface area contributed by atoms with Crippen LogP contribution in [0, 0.1) is 0 Å². The first-order chi connectivity index (χ1) is 9.04. The predicted molar refractivity (Wildman–Crippen MR) is 79.3 cm³/mol. The van der Waals surface area contributed by atoms with Gasteiger partial charge in [0.1, 0.15) is 0 Å². The van der Waals surface area contributed by atoms with Crippen molar-refractivity contribution in [1.29, 1.82) is 0 Å². The largest absolute Gasteiger partial charge is 0.396 e. The number of thiophene rings is 1. The molecule has 1 rings (SSSR count). The molecule has 0 aliphatic rings. The second kappa shape index (κ2) is 8.30. The molecule has 5 heteroatoms. The van der Waals surface area contributed by atoms with Gasteiger partial charge in [0.25, 0.3) is 0 Å². The third-order valence-electron chi connectivity index (χ3n) is 3.03. The lowest BCUT2D eigenvalue weighted by atomic mass is 10.2. The minimum atomic E-state index is 0.0348. The maximum Gasteiger partial charge on any atom is 0.234 e. The van der Waals surface area contributed by atoms with Crippen LogP contribution in [-0.4, -0.2) is 41.7 Å². The molecule has 1 atom stereocenters. The van der Waals surface area contributed by atoms with E-state index in [4.69, 9.17) is 5.11 Å². The van der Waals surface area contributed by atoms with Gasteiger partial charge < -0.3 is 10.4 Å². The van der Waals surface area contributed by atoms with Crippen LogP contribution in [0.15, 0.2) is 17.5 Å². The van der Waals surface area contributed by atoms with Gasteiger partial charge in [-0.15, -0.1) is 11.3 Å². The lowest BCUT2D eigenvalue weighted by molar-refractivity contribution is -0.123. The summed E-state index contributed by atoms with van der Waals surface area (Å²) in [6, 6.07) is 4.38. The number of hydrogen-bond acceptors (Lipinski definition) is 4. The van der Waals surface area contributed by atoms with Crippen LogP contribution in [0.4, 0.5) is 0 Å². The molecule has 2 N–H and O–H groups in total. The van der Waals surface area contributed by atoms with E-state index in [9.17, 15) is 4.79 Å². The van der Waals surface area contributed by atoms with Crippen molar-refractivity contribution >= 4 is 17.2 Å². The van der Waals surface area contributed by atoms with Gasteiger partial charge in [0.2, 0.25) is 5.91 Å². The SMILES string of the molecule is CC(NC(=O)CN(CCCO)C(C)C)c1cccs1. The molecule has 0 fully saturated rings. The molecule has 1 heterocycles. The van der Waals surface area contributed by atoms with E-state index in [0.717, 1.165) is 6.54 Å². The molecule has 0 bridgehead atoms. The van der Waals surface area contributed by atoms with Crippen molar-refractivity contribution in [2.45, 2.75) is 39.3 Å². The van der Waals surface area contributed by atoms with Crippen molar-refractivity contribution in [1.82, 2.24) is 10.2 Å². The van der Waals surface area contributed by atoms with Crippen LogP contribution in [-0.2, 0) is 4.79 Å². The van der Waals surface area contributed by atoms with Gasteiger partial charge in [-0.25, -0.2) is 0 Å². The fraction of sp³-hybridized carbons (Fsp3) is 0.643. The highest BCUT2D eigenvalue weighted by Gasteiger charge is 2.16. The number of amides is 1. The maximum atomic E-state index is 12.0. The lowest BCUT2D eigenvalue weighted by Gasteiger charge is -2.26. The van der Waals surface area contributed by atoms with Gasteiger partial charge in [-0.1, -0.05) is 6.07 Å². The number of aliphatic hydroxyl groups excluding tert-OH is 1. The van der Waals surface area contributed by atoms with E-state index in [1.165, 1.54) is 4.88 Å².